The Hall–Kier alpha value is -6.49. The molecule has 4 aliphatic rings. The van der Waals surface area contributed by atoms with Crippen LogP contribution in [0.1, 0.15) is 95.1 Å². The van der Waals surface area contributed by atoms with E-state index in [4.69, 9.17) is 0 Å². The molecule has 2 saturated heterocycles. The minimum atomic E-state index is -1.01. The fourth-order valence-corrected chi connectivity index (χ4v) is 10.0. The number of benzene rings is 3. The number of carbonyl (C=O) groups excluding carboxylic acids is 3. The summed E-state index contributed by atoms with van der Waals surface area (Å²) in [7, 11) is 0. The Bertz CT molecular complexity index is 2870. The van der Waals surface area contributed by atoms with Crippen molar-refractivity contribution in [3.8, 4) is 11.3 Å². The number of hydrogen-bond donors (Lipinski definition) is 3. The maximum Gasteiger partial charge on any atom is 0.255 e. The molecule has 0 spiro atoms. The molecule has 6 aromatic rings. The minimum absolute atomic E-state index is 0.0247. The summed E-state index contributed by atoms with van der Waals surface area (Å²) >= 11 is 0. The van der Waals surface area contributed by atoms with E-state index in [2.05, 4.69) is 58.6 Å². The zero-order valence-electron chi connectivity index (χ0n) is 36.6. The zero-order chi connectivity index (χ0) is 45.1. The number of rotatable bonds is 10. The molecule has 7 heterocycles. The van der Waals surface area contributed by atoms with Crippen LogP contribution in [0.15, 0.2) is 73.1 Å². The first-order valence-corrected chi connectivity index (χ1v) is 22.3. The topological polar surface area (TPSA) is 162 Å². The van der Waals surface area contributed by atoms with Crippen LogP contribution in [-0.2, 0) is 47.8 Å². The molecule has 65 heavy (non-hydrogen) atoms. The summed E-state index contributed by atoms with van der Waals surface area (Å²) in [6, 6.07) is 18.5. The number of fused-ring (bicyclic) bond motifs is 3. The quantitative estimate of drug-likeness (QED) is 0.127. The molecule has 0 aliphatic carbocycles. The molecule has 10 rings (SSSR count). The van der Waals surface area contributed by atoms with E-state index in [1.807, 2.05) is 55.8 Å². The lowest BCUT2D eigenvalue weighted by molar-refractivity contribution is -0.136. The van der Waals surface area contributed by atoms with Gasteiger partial charge in [-0.15, -0.1) is 0 Å². The van der Waals surface area contributed by atoms with Gasteiger partial charge in [0.2, 0.25) is 17.8 Å². The third kappa shape index (κ3) is 8.26. The van der Waals surface area contributed by atoms with Crippen molar-refractivity contribution in [1.29, 1.82) is 0 Å². The van der Waals surface area contributed by atoms with Crippen LogP contribution in [0.5, 0.6) is 0 Å². The van der Waals surface area contributed by atoms with Crippen LogP contribution in [0, 0.1) is 18.6 Å². The first kappa shape index (κ1) is 42.5. The van der Waals surface area contributed by atoms with E-state index in [9.17, 15) is 19.5 Å². The van der Waals surface area contributed by atoms with Crippen molar-refractivity contribution in [2.75, 3.05) is 25.0 Å². The van der Waals surface area contributed by atoms with E-state index in [0.29, 0.717) is 42.0 Å². The highest BCUT2D eigenvalue weighted by Gasteiger charge is 2.41. The number of aromatic nitrogens is 5. The lowest BCUT2D eigenvalue weighted by Gasteiger charge is -2.39. The lowest BCUT2D eigenvalue weighted by atomic mass is 9.83. The third-order valence-corrected chi connectivity index (χ3v) is 13.4. The number of imide groups is 1. The summed E-state index contributed by atoms with van der Waals surface area (Å²) in [5.74, 6) is -0.863. The van der Waals surface area contributed by atoms with Crippen molar-refractivity contribution in [3.05, 3.63) is 129 Å². The van der Waals surface area contributed by atoms with Gasteiger partial charge in [0.1, 0.15) is 28.9 Å². The number of amides is 3. The van der Waals surface area contributed by atoms with Crippen molar-refractivity contribution < 1.29 is 28.3 Å². The third-order valence-electron chi connectivity index (χ3n) is 13.4. The Labute approximate surface area is 374 Å². The highest BCUT2D eigenvalue weighted by Crippen LogP contribution is 2.37. The summed E-state index contributed by atoms with van der Waals surface area (Å²) in [6.07, 6.45) is 5.46. The predicted octanol–water partition coefficient (Wildman–Crippen LogP) is 6.60. The number of nitrogens with one attached hydrogen (secondary N) is 2. The number of anilines is 2. The molecule has 3 amide bonds. The van der Waals surface area contributed by atoms with Gasteiger partial charge in [0.15, 0.2) is 11.6 Å². The summed E-state index contributed by atoms with van der Waals surface area (Å²) in [5, 5.41) is 17.2. The Morgan fingerprint density at radius 3 is 2.40 bits per heavy atom. The van der Waals surface area contributed by atoms with Crippen LogP contribution >= 0.6 is 0 Å². The summed E-state index contributed by atoms with van der Waals surface area (Å²) in [5.41, 5.74) is 7.15. The van der Waals surface area contributed by atoms with Crippen molar-refractivity contribution >= 4 is 40.5 Å². The Morgan fingerprint density at radius 1 is 0.831 bits per heavy atom. The second kappa shape index (κ2) is 16.8. The number of likely N-dealkylation sites (tertiary alicyclic amines) is 1. The standard InChI is InChI=1S/C49H50F2N10O4/c1-28(2)61-29(3)54-45-38(50)20-34(21-41(45)61)44-39(51)23-53-48(57-44)55-42-10-5-31(22-52-42)25-59-15-12-32-18-30(4-6-33(32)26-59)24-58-16-13-49(65,14-17-58)36-7-8-37-35(19-36)27-60(47(37)64)40-9-11-43(62)56-46(40)63/h4-8,10,18-23,28,40,65H,9,11-17,24-27H2,1-3H3,(H,56,62,63)(H,52,53,55,57). The molecule has 334 valence electrons. The molecule has 1 atom stereocenters. The minimum Gasteiger partial charge on any atom is -0.385 e. The largest absolute Gasteiger partial charge is 0.385 e. The van der Waals surface area contributed by atoms with Crippen LogP contribution in [-0.4, -0.2) is 87.7 Å². The van der Waals surface area contributed by atoms with Crippen molar-refractivity contribution in [2.45, 2.75) is 96.7 Å². The Kier molecular flexibility index (Phi) is 11.0. The summed E-state index contributed by atoms with van der Waals surface area (Å²) in [6.45, 7) is 10.8. The maximum absolute atomic E-state index is 15.2. The van der Waals surface area contributed by atoms with E-state index in [1.54, 1.807) is 12.1 Å². The van der Waals surface area contributed by atoms with Gasteiger partial charge in [-0.05, 0) is 104 Å². The van der Waals surface area contributed by atoms with Crippen LogP contribution in [0.3, 0.4) is 0 Å². The van der Waals surface area contributed by atoms with Gasteiger partial charge in [0.05, 0.1) is 17.3 Å². The fourth-order valence-electron chi connectivity index (χ4n) is 10.0. The normalized spacial score (nSPS) is 18.9. The molecule has 3 aromatic carbocycles. The maximum atomic E-state index is 15.2. The average Bonchev–Trinajstić information content (AvgIpc) is 3.81. The lowest BCUT2D eigenvalue weighted by Crippen LogP contribution is -2.52. The van der Waals surface area contributed by atoms with E-state index in [1.165, 1.54) is 27.7 Å². The number of pyridine rings is 1. The first-order valence-electron chi connectivity index (χ1n) is 22.3. The van der Waals surface area contributed by atoms with Gasteiger partial charge in [-0.1, -0.05) is 36.4 Å². The number of halogens is 2. The molecule has 0 radical (unpaired) electrons. The number of imidazole rings is 1. The molecule has 16 heteroatoms. The van der Waals surface area contributed by atoms with Crippen LogP contribution in [0.2, 0.25) is 0 Å². The van der Waals surface area contributed by atoms with E-state index < -0.39 is 29.2 Å². The molecule has 2 fully saturated rings. The predicted molar refractivity (Wildman–Crippen MR) is 238 cm³/mol. The van der Waals surface area contributed by atoms with E-state index >= 15 is 8.78 Å². The highest BCUT2D eigenvalue weighted by atomic mass is 19.1. The van der Waals surface area contributed by atoms with Gasteiger partial charge in [0.25, 0.3) is 5.91 Å². The van der Waals surface area contributed by atoms with Gasteiger partial charge < -0.3 is 19.9 Å². The molecule has 4 aliphatic heterocycles. The van der Waals surface area contributed by atoms with E-state index in [-0.39, 0.29) is 53.5 Å². The van der Waals surface area contributed by atoms with Gasteiger partial charge in [0, 0.05) is 75.6 Å². The number of hydrogen-bond acceptors (Lipinski definition) is 11. The van der Waals surface area contributed by atoms with Crippen LogP contribution in [0.4, 0.5) is 20.5 Å². The summed E-state index contributed by atoms with van der Waals surface area (Å²) < 4.78 is 32.2. The number of aliphatic hydroxyl groups is 1. The second-order valence-electron chi connectivity index (χ2n) is 18.2. The second-order valence-corrected chi connectivity index (χ2v) is 18.2. The number of piperidine rings is 2. The molecular weight excluding hydrogens is 831 g/mol. The Balaban J connectivity index is 0.724. The monoisotopic (exact) mass is 880 g/mol. The van der Waals surface area contributed by atoms with Crippen LogP contribution < -0.4 is 10.6 Å². The smallest absolute Gasteiger partial charge is 0.255 e. The van der Waals surface area contributed by atoms with Gasteiger partial charge in [-0.2, -0.15) is 0 Å². The molecule has 0 bridgehead atoms. The molecule has 1 unspecified atom stereocenters. The molecular formula is C49H50F2N10O4. The average molecular weight is 881 g/mol. The van der Waals surface area contributed by atoms with Gasteiger partial charge in [-0.25, -0.2) is 28.7 Å². The van der Waals surface area contributed by atoms with E-state index in [0.717, 1.165) is 68.6 Å². The zero-order valence-corrected chi connectivity index (χ0v) is 36.6. The van der Waals surface area contributed by atoms with Crippen molar-refractivity contribution in [1.82, 2.24) is 44.5 Å². The molecule has 3 N–H and O–H groups in total. The molecule has 14 nitrogen and oxygen atoms in total. The van der Waals surface area contributed by atoms with Gasteiger partial charge in [-0.3, -0.25) is 29.5 Å². The molecule has 3 aromatic heterocycles. The van der Waals surface area contributed by atoms with Crippen molar-refractivity contribution in [2.24, 2.45) is 0 Å². The fraction of sp³-hybridized carbons (Fsp3) is 0.367. The van der Waals surface area contributed by atoms with Crippen molar-refractivity contribution in [3.63, 3.8) is 0 Å². The number of carbonyl (C=O) groups is 3. The summed E-state index contributed by atoms with van der Waals surface area (Å²) in [4.78, 5) is 61.2. The first-order chi connectivity index (χ1) is 31.3. The highest BCUT2D eigenvalue weighted by molar-refractivity contribution is 6.05. The SMILES string of the molecule is Cc1nc2c(F)cc(-c3nc(Nc4ccc(CN5CCc6cc(CN7CCC(O)(c8ccc9c(c8)CN(C8CCC(=O)NC8=O)C9=O)CC7)ccc6C5)cn4)ncc3F)cc2n1C(C)C. The van der Waals surface area contributed by atoms with Gasteiger partial charge >= 0.3 is 0 Å². The van der Waals surface area contributed by atoms with Crippen LogP contribution in [0.25, 0.3) is 22.3 Å². The Morgan fingerprint density at radius 2 is 1.63 bits per heavy atom. The molecule has 0 saturated carbocycles. The number of aryl methyl sites for hydroxylation is 1. The number of nitrogens with zero attached hydrogens (tertiary/aromatic N) is 8.